The highest BCUT2D eigenvalue weighted by atomic mass is 32.2. The lowest BCUT2D eigenvalue weighted by molar-refractivity contribution is 0.602. The fourth-order valence-electron chi connectivity index (χ4n) is 1.21. The largest absolute Gasteiger partial charge is 0.302 e. The third kappa shape index (κ3) is 4.05. The Balaban J connectivity index is 2.61. The molecule has 0 saturated heterocycles. The lowest BCUT2D eigenvalue weighted by Gasteiger charge is -2.02. The van der Waals surface area contributed by atoms with Crippen molar-refractivity contribution in [2.75, 3.05) is 12.8 Å². The molecule has 4 heteroatoms. The zero-order valence-corrected chi connectivity index (χ0v) is 10.3. The first-order valence-electron chi connectivity index (χ1n) is 4.93. The van der Waals surface area contributed by atoms with Crippen LogP contribution in [0.4, 0.5) is 0 Å². The number of hydrogen-bond acceptors (Lipinski definition) is 3. The summed E-state index contributed by atoms with van der Waals surface area (Å²) in [5, 5.41) is 3.14. The van der Waals surface area contributed by atoms with Crippen molar-refractivity contribution < 1.29 is 8.42 Å². The number of benzene rings is 1. The fraction of sp³-hybridized carbons (Fsp3) is 0.333. The van der Waals surface area contributed by atoms with Crippen molar-refractivity contribution in [2.24, 2.45) is 0 Å². The molecule has 0 saturated carbocycles. The molecule has 86 valence electrons. The summed E-state index contributed by atoms with van der Waals surface area (Å²) in [5.41, 5.74) is 1.05. The third-order valence-electron chi connectivity index (χ3n) is 2.07. The average molecular weight is 237 g/mol. The van der Waals surface area contributed by atoms with Gasteiger partial charge < -0.3 is 5.32 Å². The summed E-state index contributed by atoms with van der Waals surface area (Å²) in [6.07, 6.45) is 1.21. The first-order valence-corrected chi connectivity index (χ1v) is 6.82. The Morgan fingerprint density at radius 3 is 2.38 bits per heavy atom. The van der Waals surface area contributed by atoms with E-state index in [2.05, 4.69) is 17.2 Å². The lowest BCUT2D eigenvalue weighted by atomic mass is 10.2. The maximum Gasteiger partial charge on any atom is 0.175 e. The molecule has 0 atom stereocenters. The number of hydrogen-bond donors (Lipinski definition) is 1. The summed E-state index contributed by atoms with van der Waals surface area (Å²) in [5.74, 6) is 5.69. The van der Waals surface area contributed by atoms with Gasteiger partial charge in [0.25, 0.3) is 0 Å². The minimum atomic E-state index is -3.09. The molecule has 1 aromatic carbocycles. The van der Waals surface area contributed by atoms with Gasteiger partial charge in [0, 0.05) is 12.8 Å². The van der Waals surface area contributed by atoms with E-state index in [1.807, 2.05) is 12.1 Å². The van der Waals surface area contributed by atoms with Crippen LogP contribution >= 0.6 is 0 Å². The maximum absolute atomic E-state index is 11.2. The SMILES string of the molecule is CC#CCNCc1ccc(S(C)(=O)=O)cc1. The molecular weight excluding hydrogens is 222 g/mol. The summed E-state index contributed by atoms with van der Waals surface area (Å²) in [7, 11) is -3.09. The molecule has 0 aliphatic heterocycles. The van der Waals surface area contributed by atoms with E-state index in [-0.39, 0.29) is 0 Å². The first kappa shape index (κ1) is 12.8. The molecule has 0 unspecified atom stereocenters. The average Bonchev–Trinajstić information content (AvgIpc) is 2.24. The molecule has 0 radical (unpaired) electrons. The van der Waals surface area contributed by atoms with E-state index in [9.17, 15) is 8.42 Å². The normalized spacial score (nSPS) is 10.6. The first-order chi connectivity index (χ1) is 7.54. The van der Waals surface area contributed by atoms with Crippen molar-refractivity contribution in [1.29, 1.82) is 0 Å². The van der Waals surface area contributed by atoms with E-state index in [0.29, 0.717) is 18.0 Å². The minimum Gasteiger partial charge on any atom is -0.302 e. The molecular formula is C12H15NO2S. The van der Waals surface area contributed by atoms with Gasteiger partial charge in [-0.1, -0.05) is 18.1 Å². The van der Waals surface area contributed by atoms with Crippen LogP contribution in [-0.4, -0.2) is 21.2 Å². The predicted molar refractivity (Wildman–Crippen MR) is 64.7 cm³/mol. The molecule has 0 aliphatic carbocycles. The number of rotatable bonds is 4. The van der Waals surface area contributed by atoms with Gasteiger partial charge in [0.1, 0.15) is 0 Å². The van der Waals surface area contributed by atoms with Gasteiger partial charge >= 0.3 is 0 Å². The van der Waals surface area contributed by atoms with Crippen molar-refractivity contribution in [3.63, 3.8) is 0 Å². The van der Waals surface area contributed by atoms with Crippen molar-refractivity contribution in [3.8, 4) is 11.8 Å². The summed E-state index contributed by atoms with van der Waals surface area (Å²) < 4.78 is 22.4. The van der Waals surface area contributed by atoms with Gasteiger partial charge in [-0.2, -0.15) is 0 Å². The molecule has 3 nitrogen and oxygen atoms in total. The Morgan fingerprint density at radius 2 is 1.88 bits per heavy atom. The maximum atomic E-state index is 11.2. The third-order valence-corrected chi connectivity index (χ3v) is 3.20. The number of sulfone groups is 1. The van der Waals surface area contributed by atoms with Crippen LogP contribution in [-0.2, 0) is 16.4 Å². The smallest absolute Gasteiger partial charge is 0.175 e. The standard InChI is InChI=1S/C12H15NO2S/c1-3-4-9-13-10-11-5-7-12(8-6-11)16(2,14)15/h5-8,13H,9-10H2,1-2H3. The van der Waals surface area contributed by atoms with E-state index >= 15 is 0 Å². The van der Waals surface area contributed by atoms with Crippen LogP contribution in [0.15, 0.2) is 29.2 Å². The second-order valence-electron chi connectivity index (χ2n) is 3.45. The molecule has 0 spiro atoms. The molecule has 0 aliphatic rings. The van der Waals surface area contributed by atoms with Crippen molar-refractivity contribution in [3.05, 3.63) is 29.8 Å². The molecule has 16 heavy (non-hydrogen) atoms. The van der Waals surface area contributed by atoms with Gasteiger partial charge in [-0.3, -0.25) is 0 Å². The summed E-state index contributed by atoms with van der Waals surface area (Å²) in [4.78, 5) is 0.351. The molecule has 0 amide bonds. The molecule has 1 N–H and O–H groups in total. The zero-order chi connectivity index (χ0) is 12.0. The monoisotopic (exact) mass is 237 g/mol. The van der Waals surface area contributed by atoms with E-state index in [1.165, 1.54) is 6.26 Å². The molecule has 1 rings (SSSR count). The highest BCUT2D eigenvalue weighted by molar-refractivity contribution is 7.90. The highest BCUT2D eigenvalue weighted by Crippen LogP contribution is 2.09. The van der Waals surface area contributed by atoms with Crippen LogP contribution in [0.2, 0.25) is 0 Å². The van der Waals surface area contributed by atoms with E-state index in [4.69, 9.17) is 0 Å². The van der Waals surface area contributed by atoms with Gasteiger partial charge in [0.15, 0.2) is 9.84 Å². The molecule has 1 aromatic rings. The second kappa shape index (κ2) is 5.69. The van der Waals surface area contributed by atoms with Crippen LogP contribution in [0.1, 0.15) is 12.5 Å². The molecule has 0 fully saturated rings. The lowest BCUT2D eigenvalue weighted by Crippen LogP contribution is -2.13. The highest BCUT2D eigenvalue weighted by Gasteiger charge is 2.05. The van der Waals surface area contributed by atoms with Gasteiger partial charge in [-0.15, -0.1) is 5.92 Å². The van der Waals surface area contributed by atoms with Crippen LogP contribution in [0.3, 0.4) is 0 Å². The van der Waals surface area contributed by atoms with E-state index < -0.39 is 9.84 Å². The Labute approximate surface area is 96.8 Å². The van der Waals surface area contributed by atoms with Crippen molar-refractivity contribution in [2.45, 2.75) is 18.4 Å². The Hall–Kier alpha value is -1.31. The summed E-state index contributed by atoms with van der Waals surface area (Å²) >= 11 is 0. The van der Waals surface area contributed by atoms with Crippen molar-refractivity contribution >= 4 is 9.84 Å². The van der Waals surface area contributed by atoms with E-state index in [1.54, 1.807) is 19.1 Å². The Bertz CT molecular complexity index is 492. The van der Waals surface area contributed by atoms with Gasteiger partial charge in [0.2, 0.25) is 0 Å². The fourth-order valence-corrected chi connectivity index (χ4v) is 1.84. The van der Waals surface area contributed by atoms with E-state index in [0.717, 1.165) is 5.56 Å². The Morgan fingerprint density at radius 1 is 1.25 bits per heavy atom. The van der Waals surface area contributed by atoms with Crippen LogP contribution in [0, 0.1) is 11.8 Å². The Kier molecular flexibility index (Phi) is 4.53. The van der Waals surface area contributed by atoms with Crippen LogP contribution < -0.4 is 5.32 Å². The predicted octanol–water partition coefficient (Wildman–Crippen LogP) is 1.20. The summed E-state index contributed by atoms with van der Waals surface area (Å²) in [6, 6.07) is 6.86. The minimum absolute atomic E-state index is 0.351. The van der Waals surface area contributed by atoms with Gasteiger partial charge in [0.05, 0.1) is 11.4 Å². The van der Waals surface area contributed by atoms with Crippen LogP contribution in [0.5, 0.6) is 0 Å². The topological polar surface area (TPSA) is 46.2 Å². The van der Waals surface area contributed by atoms with Gasteiger partial charge in [-0.25, -0.2) is 8.42 Å². The number of nitrogens with one attached hydrogen (secondary N) is 1. The molecule has 0 aromatic heterocycles. The van der Waals surface area contributed by atoms with Crippen molar-refractivity contribution in [1.82, 2.24) is 5.32 Å². The zero-order valence-electron chi connectivity index (χ0n) is 9.45. The van der Waals surface area contributed by atoms with Crippen LogP contribution in [0.25, 0.3) is 0 Å². The second-order valence-corrected chi connectivity index (χ2v) is 5.46. The summed E-state index contributed by atoms with van der Waals surface area (Å²) in [6.45, 7) is 3.13. The molecule has 0 heterocycles. The van der Waals surface area contributed by atoms with Gasteiger partial charge in [-0.05, 0) is 24.6 Å². The molecule has 0 bridgehead atoms. The quantitative estimate of drug-likeness (QED) is 0.632.